The Labute approximate surface area is 194 Å². The summed E-state index contributed by atoms with van der Waals surface area (Å²) in [6.07, 6.45) is -1.00. The number of aromatic nitrogens is 4. The number of nitriles is 1. The normalized spacial score (nSPS) is 25.3. The van der Waals surface area contributed by atoms with Crippen molar-refractivity contribution in [3.63, 3.8) is 0 Å². The molecule has 3 aliphatic rings. The maximum absolute atomic E-state index is 13.0. The molecule has 2 aromatic carbocycles. The van der Waals surface area contributed by atoms with E-state index in [1.165, 1.54) is 12.1 Å². The monoisotopic (exact) mass is 482 g/mol. The topological polar surface area (TPSA) is 150 Å². The summed E-state index contributed by atoms with van der Waals surface area (Å²) in [5.74, 6) is 1.76. The number of hydrogen-bond donors (Lipinski definition) is 1. The van der Waals surface area contributed by atoms with Gasteiger partial charge in [-0.15, -0.1) is 5.10 Å². The molecule has 0 bridgehead atoms. The number of nitrogens with one attached hydrogen (secondary N) is 1. The second-order valence-electron chi connectivity index (χ2n) is 8.01. The molecule has 0 spiro atoms. The number of tetrazole rings is 1. The fraction of sp³-hybridized carbons (Fsp3) is 0.333. The van der Waals surface area contributed by atoms with Crippen LogP contribution in [-0.4, -0.2) is 66.9 Å². The van der Waals surface area contributed by atoms with Gasteiger partial charge in [-0.05, 0) is 40.8 Å². The van der Waals surface area contributed by atoms with E-state index in [2.05, 4.69) is 20.2 Å². The maximum atomic E-state index is 13.0. The lowest BCUT2D eigenvalue weighted by molar-refractivity contribution is 0.0626. The molecule has 0 aliphatic carbocycles. The van der Waals surface area contributed by atoms with E-state index in [1.807, 2.05) is 12.1 Å². The summed E-state index contributed by atoms with van der Waals surface area (Å²) in [7, 11) is -3.96. The highest BCUT2D eigenvalue weighted by atomic mass is 32.2. The van der Waals surface area contributed by atoms with Crippen molar-refractivity contribution in [1.82, 2.24) is 24.9 Å². The van der Waals surface area contributed by atoms with E-state index < -0.39 is 28.3 Å². The highest BCUT2D eigenvalue weighted by Gasteiger charge is 2.50. The van der Waals surface area contributed by atoms with Gasteiger partial charge in [-0.25, -0.2) is 17.8 Å². The second-order valence-corrected chi connectivity index (χ2v) is 9.70. The minimum absolute atomic E-state index is 0.0674. The summed E-state index contributed by atoms with van der Waals surface area (Å²) in [6.45, 7) is 0.514. The molecular weight excluding hydrogens is 464 g/mol. The van der Waals surface area contributed by atoms with E-state index in [-0.39, 0.29) is 36.5 Å². The summed E-state index contributed by atoms with van der Waals surface area (Å²) >= 11 is 0. The second kappa shape index (κ2) is 8.03. The van der Waals surface area contributed by atoms with Crippen molar-refractivity contribution in [2.75, 3.05) is 20.0 Å². The maximum Gasteiger partial charge on any atom is 0.242 e. The number of benzene rings is 2. The predicted octanol–water partition coefficient (Wildman–Crippen LogP) is 0.626. The van der Waals surface area contributed by atoms with E-state index in [0.29, 0.717) is 17.3 Å². The van der Waals surface area contributed by atoms with Crippen molar-refractivity contribution in [2.45, 2.75) is 29.2 Å². The first kappa shape index (κ1) is 21.0. The summed E-state index contributed by atoms with van der Waals surface area (Å²) in [5, 5.41) is 21.4. The van der Waals surface area contributed by atoms with Crippen LogP contribution in [0, 0.1) is 11.3 Å². The van der Waals surface area contributed by atoms with Gasteiger partial charge in [0.25, 0.3) is 0 Å². The molecule has 174 valence electrons. The van der Waals surface area contributed by atoms with E-state index in [9.17, 15) is 13.7 Å². The van der Waals surface area contributed by atoms with E-state index >= 15 is 0 Å². The molecule has 4 atom stereocenters. The van der Waals surface area contributed by atoms with Crippen LogP contribution in [0.3, 0.4) is 0 Å². The summed E-state index contributed by atoms with van der Waals surface area (Å²) in [4.78, 5) is -0.0823. The van der Waals surface area contributed by atoms with Crippen LogP contribution in [0.2, 0.25) is 0 Å². The Morgan fingerprint density at radius 3 is 2.76 bits per heavy atom. The fourth-order valence-corrected chi connectivity index (χ4v) is 5.88. The largest absolute Gasteiger partial charge is 0.454 e. The summed E-state index contributed by atoms with van der Waals surface area (Å²) < 4.78 is 52.9. The number of nitrogens with zero attached hydrogens (tertiary/aromatic N) is 5. The Morgan fingerprint density at radius 2 is 1.88 bits per heavy atom. The lowest BCUT2D eigenvalue weighted by Crippen LogP contribution is -2.44. The fourth-order valence-electron chi connectivity index (χ4n) is 4.49. The highest BCUT2D eigenvalue weighted by Crippen LogP contribution is 2.39. The molecule has 13 heteroatoms. The van der Waals surface area contributed by atoms with Gasteiger partial charge in [-0.2, -0.15) is 5.26 Å². The van der Waals surface area contributed by atoms with E-state index in [4.69, 9.17) is 18.9 Å². The molecule has 1 aromatic heterocycles. The van der Waals surface area contributed by atoms with Crippen LogP contribution in [-0.2, 0) is 19.5 Å². The van der Waals surface area contributed by atoms with Gasteiger partial charge in [0.05, 0.1) is 29.7 Å². The molecule has 12 nitrogen and oxygen atoms in total. The van der Waals surface area contributed by atoms with Crippen molar-refractivity contribution in [3.05, 3.63) is 48.0 Å². The minimum atomic E-state index is -3.96. The Hall–Kier alpha value is -3.57. The zero-order chi connectivity index (χ0) is 23.3. The highest BCUT2D eigenvalue weighted by molar-refractivity contribution is 7.89. The van der Waals surface area contributed by atoms with Gasteiger partial charge in [0.2, 0.25) is 16.8 Å². The average Bonchev–Trinajstić information content (AvgIpc) is 3.63. The van der Waals surface area contributed by atoms with Crippen molar-refractivity contribution >= 4 is 10.0 Å². The van der Waals surface area contributed by atoms with Gasteiger partial charge in [0.15, 0.2) is 17.3 Å². The molecule has 3 aliphatic heterocycles. The lowest BCUT2D eigenvalue weighted by Gasteiger charge is -2.18. The molecule has 0 amide bonds. The first-order chi connectivity index (χ1) is 16.5. The van der Waals surface area contributed by atoms with E-state index in [0.717, 1.165) is 5.56 Å². The molecule has 4 unspecified atom stereocenters. The lowest BCUT2D eigenvalue weighted by atomic mass is 10.1. The Balaban J connectivity index is 1.23. The molecule has 34 heavy (non-hydrogen) atoms. The van der Waals surface area contributed by atoms with Crippen LogP contribution in [0.4, 0.5) is 0 Å². The third-order valence-corrected chi connectivity index (χ3v) is 7.62. The summed E-state index contributed by atoms with van der Waals surface area (Å²) in [5.41, 5.74) is 0.804. The molecule has 2 saturated heterocycles. The quantitative estimate of drug-likeness (QED) is 0.548. The number of fused-ring (bicyclic) bond motifs is 2. The van der Waals surface area contributed by atoms with Gasteiger partial charge < -0.3 is 18.9 Å². The predicted molar refractivity (Wildman–Crippen MR) is 113 cm³/mol. The SMILES string of the molecule is N#Cc1ccccc1S(=O)(=O)NC1COC2C1OCC2n1nnnc1-c1ccc2c(c1)OCO2. The first-order valence-electron chi connectivity index (χ1n) is 10.5. The van der Waals surface area contributed by atoms with Crippen molar-refractivity contribution in [2.24, 2.45) is 0 Å². The minimum Gasteiger partial charge on any atom is -0.454 e. The Kier molecular flexibility index (Phi) is 4.96. The number of rotatable bonds is 5. The smallest absolute Gasteiger partial charge is 0.242 e. The molecule has 0 saturated carbocycles. The standard InChI is InChI=1S/C21H18N6O6S/c22-8-13-3-1-2-4-18(13)34(28,29)24-14-9-30-20-15(10-31-19(14)20)27-21(23-25-26-27)12-5-6-16-17(7-12)33-11-32-16/h1-7,14-15,19-20,24H,9-11H2. The van der Waals surface area contributed by atoms with Crippen LogP contribution in [0.5, 0.6) is 11.5 Å². The van der Waals surface area contributed by atoms with Crippen molar-refractivity contribution in [1.29, 1.82) is 5.26 Å². The zero-order valence-corrected chi connectivity index (χ0v) is 18.4. The van der Waals surface area contributed by atoms with Gasteiger partial charge in [-0.3, -0.25) is 0 Å². The third kappa shape index (κ3) is 3.39. The first-order valence-corrected chi connectivity index (χ1v) is 12.0. The number of ether oxygens (including phenoxy) is 4. The van der Waals surface area contributed by atoms with Gasteiger partial charge >= 0.3 is 0 Å². The van der Waals surface area contributed by atoms with Crippen LogP contribution < -0.4 is 14.2 Å². The molecule has 2 fully saturated rings. The molecule has 0 radical (unpaired) electrons. The summed E-state index contributed by atoms with van der Waals surface area (Å²) in [6, 6.07) is 12.4. The van der Waals surface area contributed by atoms with Gasteiger partial charge in [-0.1, -0.05) is 12.1 Å². The molecular formula is C21H18N6O6S. The molecule has 4 heterocycles. The van der Waals surface area contributed by atoms with Crippen molar-refractivity contribution in [3.8, 4) is 29.0 Å². The van der Waals surface area contributed by atoms with Gasteiger partial charge in [0, 0.05) is 5.56 Å². The van der Waals surface area contributed by atoms with Crippen LogP contribution in [0.1, 0.15) is 11.6 Å². The van der Waals surface area contributed by atoms with Crippen LogP contribution in [0.25, 0.3) is 11.4 Å². The average molecular weight is 482 g/mol. The van der Waals surface area contributed by atoms with Gasteiger partial charge in [0.1, 0.15) is 24.3 Å². The van der Waals surface area contributed by atoms with Crippen molar-refractivity contribution < 1.29 is 27.4 Å². The van der Waals surface area contributed by atoms with Crippen LogP contribution >= 0.6 is 0 Å². The number of hydrogen-bond acceptors (Lipinski definition) is 10. The molecule has 1 N–H and O–H groups in total. The molecule has 3 aromatic rings. The van der Waals surface area contributed by atoms with Crippen LogP contribution in [0.15, 0.2) is 47.4 Å². The Bertz CT molecular complexity index is 1400. The third-order valence-electron chi connectivity index (χ3n) is 6.07. The Morgan fingerprint density at radius 1 is 1.06 bits per heavy atom. The van der Waals surface area contributed by atoms with E-state index in [1.54, 1.807) is 28.9 Å². The zero-order valence-electron chi connectivity index (χ0n) is 17.6. The number of sulfonamides is 1. The molecule has 6 rings (SSSR count).